The van der Waals surface area contributed by atoms with Crippen LogP contribution in [-0.2, 0) is 0 Å². The molecule has 0 aromatic heterocycles. The van der Waals surface area contributed by atoms with Gasteiger partial charge in [0.05, 0.1) is 4.99 Å². The van der Waals surface area contributed by atoms with Crippen LogP contribution in [0.4, 0.5) is 0 Å². The fourth-order valence-electron chi connectivity index (χ4n) is 2.21. The van der Waals surface area contributed by atoms with E-state index < -0.39 is 0 Å². The molecule has 0 amide bonds. The minimum absolute atomic E-state index is 0.581. The van der Waals surface area contributed by atoms with Gasteiger partial charge in [0.2, 0.25) is 0 Å². The van der Waals surface area contributed by atoms with Crippen molar-refractivity contribution >= 4 is 33.1 Å². The number of piperazine rings is 1. The molecule has 0 radical (unpaired) electrons. The summed E-state index contributed by atoms with van der Waals surface area (Å²) >= 11 is 8.35. The average Bonchev–Trinajstić information content (AvgIpc) is 2.42. The number of nitrogens with zero attached hydrogens (tertiary/aromatic N) is 2. The highest BCUT2D eigenvalue weighted by atomic mass is 79.9. The highest BCUT2D eigenvalue weighted by Crippen LogP contribution is 2.16. The first-order chi connectivity index (χ1) is 9.63. The zero-order valence-electron chi connectivity index (χ0n) is 11.4. The van der Waals surface area contributed by atoms with E-state index in [9.17, 15) is 0 Å². The first kappa shape index (κ1) is 15.7. The van der Waals surface area contributed by atoms with Crippen LogP contribution in [0.25, 0.3) is 0 Å². The zero-order valence-corrected chi connectivity index (χ0v) is 13.8. The van der Waals surface area contributed by atoms with E-state index in [1.165, 1.54) is 0 Å². The normalized spacial score (nSPS) is 17.1. The zero-order chi connectivity index (χ0) is 14.4. The predicted octanol–water partition coefficient (Wildman–Crippen LogP) is 1.73. The van der Waals surface area contributed by atoms with Gasteiger partial charge < -0.3 is 10.5 Å². The second-order valence-electron chi connectivity index (χ2n) is 4.89. The predicted molar refractivity (Wildman–Crippen MR) is 89.3 cm³/mol. The van der Waals surface area contributed by atoms with Crippen LogP contribution in [0.3, 0.4) is 0 Å². The fourth-order valence-corrected chi connectivity index (χ4v) is 2.66. The van der Waals surface area contributed by atoms with E-state index in [1.807, 2.05) is 24.3 Å². The van der Waals surface area contributed by atoms with Crippen LogP contribution >= 0.6 is 28.1 Å². The van der Waals surface area contributed by atoms with E-state index in [0.717, 1.165) is 56.1 Å². The Balaban J connectivity index is 1.63. The molecule has 0 bridgehead atoms. The summed E-state index contributed by atoms with van der Waals surface area (Å²) in [5.74, 6) is 0.917. The van der Waals surface area contributed by atoms with E-state index in [4.69, 9.17) is 22.7 Å². The molecule has 6 heteroatoms. The molecule has 2 N–H and O–H groups in total. The Kier molecular flexibility index (Phi) is 6.22. The third-order valence-electron chi connectivity index (χ3n) is 3.33. The minimum atomic E-state index is 0.581. The quantitative estimate of drug-likeness (QED) is 0.785. The Hall–Kier alpha value is -0.690. The smallest absolute Gasteiger partial charge is 0.119 e. The van der Waals surface area contributed by atoms with E-state index >= 15 is 0 Å². The van der Waals surface area contributed by atoms with Crippen LogP contribution < -0.4 is 10.5 Å². The van der Waals surface area contributed by atoms with Gasteiger partial charge in [0.15, 0.2) is 0 Å². The van der Waals surface area contributed by atoms with Crippen LogP contribution in [0.1, 0.15) is 0 Å². The number of thiocarbonyl (C=S) groups is 1. The van der Waals surface area contributed by atoms with Crippen molar-refractivity contribution < 1.29 is 4.74 Å². The van der Waals surface area contributed by atoms with Gasteiger partial charge in [0.25, 0.3) is 0 Å². The number of ether oxygens (including phenoxy) is 1. The van der Waals surface area contributed by atoms with Gasteiger partial charge in [-0.25, -0.2) is 0 Å². The topological polar surface area (TPSA) is 41.7 Å². The first-order valence-corrected chi connectivity index (χ1v) is 7.95. The summed E-state index contributed by atoms with van der Waals surface area (Å²) in [5.41, 5.74) is 5.57. The first-order valence-electron chi connectivity index (χ1n) is 6.75. The lowest BCUT2D eigenvalue weighted by molar-refractivity contribution is 0.127. The molecule has 1 fully saturated rings. The van der Waals surface area contributed by atoms with Crippen molar-refractivity contribution in [1.82, 2.24) is 9.80 Å². The van der Waals surface area contributed by atoms with Crippen molar-refractivity contribution in [2.75, 3.05) is 45.9 Å². The lowest BCUT2D eigenvalue weighted by Crippen LogP contribution is -2.49. The molecule has 110 valence electrons. The third-order valence-corrected chi connectivity index (χ3v) is 3.99. The Morgan fingerprint density at radius 2 is 1.75 bits per heavy atom. The van der Waals surface area contributed by atoms with Crippen molar-refractivity contribution in [3.8, 4) is 5.75 Å². The molecule has 0 unspecified atom stereocenters. The van der Waals surface area contributed by atoms with Crippen molar-refractivity contribution in [2.24, 2.45) is 5.73 Å². The molecule has 1 heterocycles. The summed E-state index contributed by atoms with van der Waals surface area (Å²) < 4.78 is 6.81. The molecule has 1 aliphatic rings. The second kappa shape index (κ2) is 7.93. The van der Waals surface area contributed by atoms with Gasteiger partial charge in [-0.1, -0.05) is 28.1 Å². The van der Waals surface area contributed by atoms with E-state index in [2.05, 4.69) is 25.7 Å². The molecule has 1 aromatic carbocycles. The summed E-state index contributed by atoms with van der Waals surface area (Å²) in [4.78, 5) is 5.29. The summed E-state index contributed by atoms with van der Waals surface area (Å²) in [6.07, 6.45) is 0. The number of nitrogens with two attached hydrogens (primary N) is 1. The van der Waals surface area contributed by atoms with Crippen LogP contribution in [0.15, 0.2) is 28.7 Å². The Bertz CT molecular complexity index is 433. The van der Waals surface area contributed by atoms with Gasteiger partial charge in [-0.15, -0.1) is 0 Å². The lowest BCUT2D eigenvalue weighted by atomic mass is 10.3. The van der Waals surface area contributed by atoms with E-state index in [1.54, 1.807) is 0 Å². The van der Waals surface area contributed by atoms with Gasteiger partial charge >= 0.3 is 0 Å². The fraction of sp³-hybridized carbons (Fsp3) is 0.500. The Labute approximate surface area is 134 Å². The molecule has 4 nitrogen and oxygen atoms in total. The van der Waals surface area contributed by atoms with Gasteiger partial charge in [-0.05, 0) is 24.3 Å². The third kappa shape index (κ3) is 5.36. The molecular formula is C14H20BrN3OS. The number of benzene rings is 1. The summed E-state index contributed by atoms with van der Waals surface area (Å²) in [7, 11) is 0. The standard InChI is InChI=1S/C14H20BrN3OS/c15-12-1-3-13(4-2-12)19-10-9-17-5-7-18(8-6-17)11-14(16)20/h1-4H,5-11H2,(H2,16,20). The van der Waals surface area contributed by atoms with Crippen molar-refractivity contribution in [1.29, 1.82) is 0 Å². The number of halogens is 1. The van der Waals surface area contributed by atoms with Gasteiger partial charge in [-0.2, -0.15) is 0 Å². The largest absolute Gasteiger partial charge is 0.492 e. The van der Waals surface area contributed by atoms with Crippen LogP contribution in [0.2, 0.25) is 0 Å². The molecule has 0 spiro atoms. The molecule has 2 rings (SSSR count). The summed E-state index contributed by atoms with van der Waals surface area (Å²) in [6.45, 7) is 6.55. The molecular weight excluding hydrogens is 338 g/mol. The summed E-state index contributed by atoms with van der Waals surface area (Å²) in [6, 6.07) is 7.93. The molecule has 0 saturated carbocycles. The molecule has 0 atom stereocenters. The monoisotopic (exact) mass is 357 g/mol. The van der Waals surface area contributed by atoms with Gasteiger partial charge in [0.1, 0.15) is 12.4 Å². The number of rotatable bonds is 6. The maximum atomic E-state index is 5.74. The maximum Gasteiger partial charge on any atom is 0.119 e. The van der Waals surface area contributed by atoms with E-state index in [0.29, 0.717) is 4.99 Å². The van der Waals surface area contributed by atoms with Crippen LogP contribution in [0.5, 0.6) is 5.75 Å². The van der Waals surface area contributed by atoms with Crippen LogP contribution in [0, 0.1) is 0 Å². The molecule has 1 saturated heterocycles. The SMILES string of the molecule is NC(=S)CN1CCN(CCOc2ccc(Br)cc2)CC1. The summed E-state index contributed by atoms with van der Waals surface area (Å²) in [5, 5.41) is 0. The van der Waals surface area contributed by atoms with Gasteiger partial charge in [-0.3, -0.25) is 9.80 Å². The van der Waals surface area contributed by atoms with Crippen LogP contribution in [-0.4, -0.2) is 60.7 Å². The lowest BCUT2D eigenvalue weighted by Gasteiger charge is -2.34. The Morgan fingerprint density at radius 3 is 2.35 bits per heavy atom. The van der Waals surface area contributed by atoms with Crippen molar-refractivity contribution in [2.45, 2.75) is 0 Å². The molecule has 0 aliphatic carbocycles. The van der Waals surface area contributed by atoms with Crippen molar-refractivity contribution in [3.05, 3.63) is 28.7 Å². The maximum absolute atomic E-state index is 5.74. The Morgan fingerprint density at radius 1 is 1.15 bits per heavy atom. The van der Waals surface area contributed by atoms with Crippen molar-refractivity contribution in [3.63, 3.8) is 0 Å². The molecule has 1 aromatic rings. The number of hydrogen-bond acceptors (Lipinski definition) is 4. The minimum Gasteiger partial charge on any atom is -0.492 e. The van der Waals surface area contributed by atoms with E-state index in [-0.39, 0.29) is 0 Å². The second-order valence-corrected chi connectivity index (χ2v) is 6.33. The highest BCUT2D eigenvalue weighted by Gasteiger charge is 2.16. The molecule has 20 heavy (non-hydrogen) atoms. The molecule has 1 aliphatic heterocycles. The average molecular weight is 358 g/mol. The van der Waals surface area contributed by atoms with Gasteiger partial charge in [0, 0.05) is 43.7 Å². The number of hydrogen-bond donors (Lipinski definition) is 1. The highest BCUT2D eigenvalue weighted by molar-refractivity contribution is 9.10.